The molecule has 1 N–H and O–H groups in total. The Morgan fingerprint density at radius 3 is 2.14 bits per heavy atom. The molecule has 0 radical (unpaired) electrons. The Morgan fingerprint density at radius 2 is 1.55 bits per heavy atom. The molecule has 0 spiro atoms. The third-order valence-electron chi connectivity index (χ3n) is 4.96. The van der Waals surface area contributed by atoms with Gasteiger partial charge < -0.3 is 9.47 Å². The molecule has 2 rings (SSSR count). The summed E-state index contributed by atoms with van der Waals surface area (Å²) in [5.41, 5.74) is 4.15. The minimum Gasteiger partial charge on any atom is -0.361 e. The SMILES string of the molecule is CCC[N+](CCC)(CCC)CCc1c[nH]c2c(C)cccc12. The molecule has 1 aromatic heterocycles. The highest BCUT2D eigenvalue weighted by molar-refractivity contribution is 5.85. The molecule has 1 heterocycles. The number of rotatable bonds is 9. The topological polar surface area (TPSA) is 15.8 Å². The van der Waals surface area contributed by atoms with Crippen LogP contribution in [0.1, 0.15) is 51.2 Å². The molecular weight excluding hydrogens is 268 g/mol. The highest BCUT2D eigenvalue weighted by Crippen LogP contribution is 2.23. The molecule has 2 heteroatoms. The number of aryl methyl sites for hydroxylation is 1. The van der Waals surface area contributed by atoms with Gasteiger partial charge in [0.15, 0.2) is 0 Å². The van der Waals surface area contributed by atoms with Crippen LogP contribution in [0.3, 0.4) is 0 Å². The van der Waals surface area contributed by atoms with Crippen molar-refractivity contribution < 1.29 is 4.48 Å². The number of hydrogen-bond acceptors (Lipinski definition) is 0. The molecule has 0 bridgehead atoms. The Balaban J connectivity index is 2.18. The van der Waals surface area contributed by atoms with E-state index < -0.39 is 0 Å². The third-order valence-corrected chi connectivity index (χ3v) is 4.96. The van der Waals surface area contributed by atoms with Crippen LogP contribution in [0.25, 0.3) is 10.9 Å². The first-order valence-electron chi connectivity index (χ1n) is 9.06. The second kappa shape index (κ2) is 7.82. The van der Waals surface area contributed by atoms with Gasteiger partial charge in [0.2, 0.25) is 0 Å². The van der Waals surface area contributed by atoms with Gasteiger partial charge >= 0.3 is 0 Å². The lowest BCUT2D eigenvalue weighted by Crippen LogP contribution is -2.51. The maximum Gasteiger partial charge on any atom is 0.0828 e. The summed E-state index contributed by atoms with van der Waals surface area (Å²) in [6.45, 7) is 14.4. The molecule has 22 heavy (non-hydrogen) atoms. The number of H-pyrrole nitrogens is 1. The van der Waals surface area contributed by atoms with Crippen molar-refractivity contribution in [2.75, 3.05) is 26.2 Å². The number of nitrogens with one attached hydrogen (secondary N) is 1. The van der Waals surface area contributed by atoms with Crippen molar-refractivity contribution in [2.45, 2.75) is 53.4 Å². The summed E-state index contributed by atoms with van der Waals surface area (Å²) in [5, 5.41) is 1.42. The lowest BCUT2D eigenvalue weighted by molar-refractivity contribution is -0.928. The molecule has 2 aromatic rings. The summed E-state index contributed by atoms with van der Waals surface area (Å²) in [6, 6.07) is 6.64. The number of aromatic nitrogens is 1. The molecule has 0 aliphatic heterocycles. The van der Waals surface area contributed by atoms with Crippen LogP contribution in [0.15, 0.2) is 24.4 Å². The van der Waals surface area contributed by atoms with Crippen molar-refractivity contribution in [1.82, 2.24) is 4.98 Å². The lowest BCUT2D eigenvalue weighted by Gasteiger charge is -2.38. The van der Waals surface area contributed by atoms with Crippen molar-refractivity contribution >= 4 is 10.9 Å². The van der Waals surface area contributed by atoms with E-state index in [1.54, 1.807) is 0 Å². The number of benzene rings is 1. The quantitative estimate of drug-likeness (QED) is 0.623. The van der Waals surface area contributed by atoms with Crippen LogP contribution in [0.2, 0.25) is 0 Å². The Labute approximate surface area is 136 Å². The first-order chi connectivity index (χ1) is 10.7. The lowest BCUT2D eigenvalue weighted by atomic mass is 10.1. The molecule has 0 fully saturated rings. The van der Waals surface area contributed by atoms with Crippen LogP contribution >= 0.6 is 0 Å². The standard InChI is InChI=1S/C20H33N2/c1-5-12-22(13-6-2,14-7-3)15-11-18-16-21-20-17(4)9-8-10-19(18)20/h8-10,16,21H,5-7,11-15H2,1-4H3/q+1. The van der Waals surface area contributed by atoms with Crippen LogP contribution in [0.4, 0.5) is 0 Å². The van der Waals surface area contributed by atoms with Gasteiger partial charge in [-0.1, -0.05) is 39.0 Å². The summed E-state index contributed by atoms with van der Waals surface area (Å²) >= 11 is 0. The summed E-state index contributed by atoms with van der Waals surface area (Å²) in [7, 11) is 0. The zero-order valence-corrected chi connectivity index (χ0v) is 14.9. The summed E-state index contributed by atoms with van der Waals surface area (Å²) in [4.78, 5) is 3.48. The van der Waals surface area contributed by atoms with Gasteiger partial charge in [0.1, 0.15) is 0 Å². The molecule has 1 aromatic carbocycles. The average molecular weight is 301 g/mol. The first kappa shape index (κ1) is 17.1. The van der Waals surface area contributed by atoms with Gasteiger partial charge in [-0.25, -0.2) is 0 Å². The predicted molar refractivity (Wildman–Crippen MR) is 97.3 cm³/mol. The number of fused-ring (bicyclic) bond motifs is 1. The Hall–Kier alpha value is -1.28. The van der Waals surface area contributed by atoms with E-state index in [2.05, 4.69) is 57.1 Å². The Morgan fingerprint density at radius 1 is 0.909 bits per heavy atom. The van der Waals surface area contributed by atoms with Crippen LogP contribution in [0.5, 0.6) is 0 Å². The molecule has 0 saturated carbocycles. The van der Waals surface area contributed by atoms with E-state index >= 15 is 0 Å². The van der Waals surface area contributed by atoms with Gasteiger partial charge in [-0.2, -0.15) is 0 Å². The van der Waals surface area contributed by atoms with E-state index in [9.17, 15) is 0 Å². The molecule has 0 unspecified atom stereocenters. The largest absolute Gasteiger partial charge is 0.361 e. The second-order valence-corrected chi connectivity index (χ2v) is 6.80. The zero-order valence-electron chi connectivity index (χ0n) is 14.9. The van der Waals surface area contributed by atoms with E-state index in [1.807, 2.05) is 0 Å². The smallest absolute Gasteiger partial charge is 0.0828 e. The predicted octanol–water partition coefficient (Wildman–Crippen LogP) is 5.07. The monoisotopic (exact) mass is 301 g/mol. The fourth-order valence-corrected chi connectivity index (χ4v) is 4.02. The van der Waals surface area contributed by atoms with Gasteiger partial charge in [0.05, 0.1) is 26.2 Å². The molecule has 0 atom stereocenters. The van der Waals surface area contributed by atoms with Crippen molar-refractivity contribution in [2.24, 2.45) is 0 Å². The van der Waals surface area contributed by atoms with Crippen molar-refractivity contribution in [3.8, 4) is 0 Å². The number of nitrogens with zero attached hydrogens (tertiary/aromatic N) is 1. The maximum atomic E-state index is 3.48. The van der Waals surface area contributed by atoms with Gasteiger partial charge in [-0.15, -0.1) is 0 Å². The van der Waals surface area contributed by atoms with E-state index in [4.69, 9.17) is 0 Å². The van der Waals surface area contributed by atoms with Gasteiger partial charge in [0, 0.05) is 23.5 Å². The van der Waals surface area contributed by atoms with Gasteiger partial charge in [-0.05, 0) is 37.3 Å². The molecule has 0 amide bonds. The van der Waals surface area contributed by atoms with Gasteiger partial charge in [0.25, 0.3) is 0 Å². The van der Waals surface area contributed by atoms with Crippen molar-refractivity contribution in [1.29, 1.82) is 0 Å². The fraction of sp³-hybridized carbons (Fsp3) is 0.600. The first-order valence-corrected chi connectivity index (χ1v) is 9.06. The summed E-state index contributed by atoms with van der Waals surface area (Å²) in [5.74, 6) is 0. The van der Waals surface area contributed by atoms with Crippen molar-refractivity contribution in [3.63, 3.8) is 0 Å². The van der Waals surface area contributed by atoms with E-state index in [0.29, 0.717) is 0 Å². The number of quaternary nitrogens is 1. The minimum atomic E-state index is 1.18. The highest BCUT2D eigenvalue weighted by atomic mass is 15.3. The molecule has 2 nitrogen and oxygen atoms in total. The zero-order chi connectivity index (χ0) is 16.0. The highest BCUT2D eigenvalue weighted by Gasteiger charge is 2.24. The van der Waals surface area contributed by atoms with E-state index in [1.165, 1.54) is 78.4 Å². The molecular formula is C20H33N2+. The molecule has 0 aliphatic rings. The van der Waals surface area contributed by atoms with Crippen LogP contribution in [-0.2, 0) is 6.42 Å². The number of hydrogen-bond donors (Lipinski definition) is 1. The van der Waals surface area contributed by atoms with Crippen molar-refractivity contribution in [3.05, 3.63) is 35.5 Å². The molecule has 122 valence electrons. The Bertz CT molecular complexity index is 565. The van der Waals surface area contributed by atoms with E-state index in [0.717, 1.165) is 0 Å². The third kappa shape index (κ3) is 3.73. The fourth-order valence-electron chi connectivity index (χ4n) is 4.02. The summed E-state index contributed by atoms with van der Waals surface area (Å²) in [6.07, 6.45) is 7.27. The molecule has 0 saturated heterocycles. The second-order valence-electron chi connectivity index (χ2n) is 6.80. The molecule has 0 aliphatic carbocycles. The summed E-state index contributed by atoms with van der Waals surface area (Å²) < 4.78 is 1.29. The minimum absolute atomic E-state index is 1.18. The van der Waals surface area contributed by atoms with Gasteiger partial charge in [-0.3, -0.25) is 0 Å². The van der Waals surface area contributed by atoms with Crippen LogP contribution < -0.4 is 0 Å². The normalized spacial score (nSPS) is 12.2. The average Bonchev–Trinajstić information content (AvgIpc) is 2.91. The number of aromatic amines is 1. The van der Waals surface area contributed by atoms with Crippen LogP contribution in [0, 0.1) is 6.92 Å². The van der Waals surface area contributed by atoms with Crippen LogP contribution in [-0.4, -0.2) is 35.6 Å². The van der Waals surface area contributed by atoms with E-state index in [-0.39, 0.29) is 0 Å². The Kier molecular flexibility index (Phi) is 6.07. The number of para-hydroxylation sites is 1. The maximum absolute atomic E-state index is 3.48.